The molecular formula is C25H23BrCl2N2O2. The first-order valence-electron chi connectivity index (χ1n) is 10.2. The molecule has 32 heavy (non-hydrogen) atoms. The molecule has 7 heteroatoms. The van der Waals surface area contributed by atoms with E-state index in [1.165, 1.54) is 10.9 Å². The van der Waals surface area contributed by atoms with Crippen LogP contribution < -0.4 is 14.8 Å². The summed E-state index contributed by atoms with van der Waals surface area (Å²) in [5, 5.41) is 5.97. The number of aromatic amines is 1. The van der Waals surface area contributed by atoms with Crippen molar-refractivity contribution >= 4 is 50.0 Å². The Kier molecular flexibility index (Phi) is 7.63. The summed E-state index contributed by atoms with van der Waals surface area (Å²) in [6.07, 6.45) is 3.00. The van der Waals surface area contributed by atoms with Gasteiger partial charge in [-0.05, 0) is 48.9 Å². The molecule has 0 saturated carbocycles. The van der Waals surface area contributed by atoms with Crippen LogP contribution in [-0.2, 0) is 19.6 Å². The highest BCUT2D eigenvalue weighted by atomic mass is 79.9. The summed E-state index contributed by atoms with van der Waals surface area (Å²) in [4.78, 5) is 3.33. The summed E-state index contributed by atoms with van der Waals surface area (Å²) in [5.41, 5.74) is 4.31. The van der Waals surface area contributed by atoms with Gasteiger partial charge in [-0.15, -0.1) is 0 Å². The van der Waals surface area contributed by atoms with Gasteiger partial charge in [0.1, 0.15) is 6.61 Å². The Morgan fingerprint density at radius 3 is 2.69 bits per heavy atom. The fourth-order valence-electron chi connectivity index (χ4n) is 3.63. The number of methoxy groups -OCH3 is 1. The van der Waals surface area contributed by atoms with E-state index in [-0.39, 0.29) is 0 Å². The van der Waals surface area contributed by atoms with E-state index < -0.39 is 0 Å². The van der Waals surface area contributed by atoms with Crippen molar-refractivity contribution in [1.29, 1.82) is 0 Å². The van der Waals surface area contributed by atoms with Gasteiger partial charge in [0.05, 0.1) is 7.11 Å². The van der Waals surface area contributed by atoms with Crippen LogP contribution in [0.1, 0.15) is 16.7 Å². The minimum atomic E-state index is 0.311. The van der Waals surface area contributed by atoms with Gasteiger partial charge < -0.3 is 19.8 Å². The Labute approximate surface area is 206 Å². The highest BCUT2D eigenvalue weighted by molar-refractivity contribution is 9.10. The summed E-state index contributed by atoms with van der Waals surface area (Å²) in [6, 6.07) is 17.6. The van der Waals surface area contributed by atoms with E-state index in [9.17, 15) is 0 Å². The number of fused-ring (bicyclic) bond motifs is 1. The molecule has 0 aliphatic heterocycles. The Bertz CT molecular complexity index is 1230. The van der Waals surface area contributed by atoms with E-state index in [0.29, 0.717) is 34.7 Å². The molecule has 1 heterocycles. The largest absolute Gasteiger partial charge is 0.493 e. The molecule has 0 spiro atoms. The molecule has 4 nitrogen and oxygen atoms in total. The third kappa shape index (κ3) is 5.24. The fraction of sp³-hybridized carbons (Fsp3) is 0.200. The highest BCUT2D eigenvalue weighted by Crippen LogP contribution is 2.37. The van der Waals surface area contributed by atoms with Crippen molar-refractivity contribution in [3.05, 3.63) is 92.0 Å². The molecule has 4 aromatic rings. The monoisotopic (exact) mass is 532 g/mol. The molecule has 166 valence electrons. The Morgan fingerprint density at radius 2 is 1.88 bits per heavy atom. The van der Waals surface area contributed by atoms with Crippen molar-refractivity contribution in [2.75, 3.05) is 13.7 Å². The second-order valence-corrected chi connectivity index (χ2v) is 9.07. The lowest BCUT2D eigenvalue weighted by Gasteiger charge is -2.17. The summed E-state index contributed by atoms with van der Waals surface area (Å²) < 4.78 is 12.7. The number of rotatable bonds is 9. The third-order valence-corrected chi connectivity index (χ3v) is 6.65. The van der Waals surface area contributed by atoms with E-state index in [1.807, 2.05) is 24.3 Å². The zero-order valence-electron chi connectivity index (χ0n) is 17.6. The number of benzene rings is 3. The molecule has 0 aliphatic carbocycles. The molecule has 3 aromatic carbocycles. The second kappa shape index (κ2) is 10.6. The molecule has 0 unspecified atom stereocenters. The number of nitrogens with one attached hydrogen (secondary N) is 2. The van der Waals surface area contributed by atoms with E-state index >= 15 is 0 Å². The van der Waals surface area contributed by atoms with Gasteiger partial charge in [-0.2, -0.15) is 0 Å². The highest BCUT2D eigenvalue weighted by Gasteiger charge is 2.15. The van der Waals surface area contributed by atoms with Crippen molar-refractivity contribution in [1.82, 2.24) is 10.3 Å². The normalized spacial score (nSPS) is 11.1. The first-order valence-corrected chi connectivity index (χ1v) is 11.8. The van der Waals surface area contributed by atoms with Crippen LogP contribution in [0, 0.1) is 0 Å². The maximum absolute atomic E-state index is 6.31. The molecule has 4 rings (SSSR count). The Balaban J connectivity index is 1.45. The van der Waals surface area contributed by atoms with Gasteiger partial charge in [-0.25, -0.2) is 0 Å². The number of hydrogen-bond donors (Lipinski definition) is 2. The number of para-hydroxylation sites is 1. The summed E-state index contributed by atoms with van der Waals surface area (Å²) in [6.45, 7) is 1.77. The summed E-state index contributed by atoms with van der Waals surface area (Å²) in [7, 11) is 1.64. The van der Waals surface area contributed by atoms with E-state index in [1.54, 1.807) is 19.2 Å². The number of halogens is 3. The predicted octanol–water partition coefficient (Wildman–Crippen LogP) is 7.16. The standard InChI is InChI=1S/C25H23BrCl2N2O2/c1-31-24-9-8-21(26)20(25(24)32-15-17-6-7-18(27)12-22(17)28)14-29-11-10-16-13-30-23-5-3-2-4-19(16)23/h2-9,12-13,29-30H,10-11,14-15H2,1H3. The first-order chi connectivity index (χ1) is 15.6. The zero-order valence-corrected chi connectivity index (χ0v) is 20.7. The van der Waals surface area contributed by atoms with E-state index in [4.69, 9.17) is 32.7 Å². The predicted molar refractivity (Wildman–Crippen MR) is 135 cm³/mol. The molecule has 0 bridgehead atoms. The average Bonchev–Trinajstić information content (AvgIpc) is 3.20. The van der Waals surface area contributed by atoms with Crippen molar-refractivity contribution in [3.63, 3.8) is 0 Å². The molecule has 0 radical (unpaired) electrons. The van der Waals surface area contributed by atoms with Crippen LogP contribution in [0.3, 0.4) is 0 Å². The molecule has 0 atom stereocenters. The van der Waals surface area contributed by atoms with Crippen LogP contribution in [-0.4, -0.2) is 18.6 Å². The summed E-state index contributed by atoms with van der Waals surface area (Å²) >= 11 is 16.0. The molecule has 0 fully saturated rings. The smallest absolute Gasteiger partial charge is 0.167 e. The number of ether oxygens (including phenoxy) is 2. The van der Waals surface area contributed by atoms with Crippen molar-refractivity contribution < 1.29 is 9.47 Å². The molecule has 0 amide bonds. The van der Waals surface area contributed by atoms with Gasteiger partial charge in [0.15, 0.2) is 11.5 Å². The topological polar surface area (TPSA) is 46.3 Å². The summed E-state index contributed by atoms with van der Waals surface area (Å²) in [5.74, 6) is 1.36. The van der Waals surface area contributed by atoms with Gasteiger partial charge in [0.25, 0.3) is 0 Å². The second-order valence-electron chi connectivity index (χ2n) is 7.37. The van der Waals surface area contributed by atoms with E-state index in [2.05, 4.69) is 50.6 Å². The quantitative estimate of drug-likeness (QED) is 0.224. The Hall–Kier alpha value is -2.18. The molecule has 0 saturated heterocycles. The van der Waals surface area contributed by atoms with Crippen molar-refractivity contribution in [3.8, 4) is 11.5 Å². The van der Waals surface area contributed by atoms with Crippen molar-refractivity contribution in [2.45, 2.75) is 19.6 Å². The van der Waals surface area contributed by atoms with Gasteiger partial charge in [0, 0.05) is 49.3 Å². The Morgan fingerprint density at radius 1 is 1.03 bits per heavy atom. The van der Waals surface area contributed by atoms with Crippen LogP contribution in [0.4, 0.5) is 0 Å². The number of H-pyrrole nitrogens is 1. The lowest BCUT2D eigenvalue weighted by Crippen LogP contribution is -2.18. The van der Waals surface area contributed by atoms with Crippen LogP contribution in [0.25, 0.3) is 10.9 Å². The van der Waals surface area contributed by atoms with Crippen LogP contribution in [0.15, 0.2) is 65.3 Å². The van der Waals surface area contributed by atoms with Crippen LogP contribution in [0.2, 0.25) is 10.0 Å². The van der Waals surface area contributed by atoms with Gasteiger partial charge >= 0.3 is 0 Å². The SMILES string of the molecule is COc1ccc(Br)c(CNCCc2c[nH]c3ccccc23)c1OCc1ccc(Cl)cc1Cl. The maximum atomic E-state index is 6.31. The number of hydrogen-bond acceptors (Lipinski definition) is 3. The van der Waals surface area contributed by atoms with Crippen LogP contribution in [0.5, 0.6) is 11.5 Å². The third-order valence-electron chi connectivity index (χ3n) is 5.32. The van der Waals surface area contributed by atoms with Crippen molar-refractivity contribution in [2.24, 2.45) is 0 Å². The number of aromatic nitrogens is 1. The van der Waals surface area contributed by atoms with Crippen LogP contribution >= 0.6 is 39.1 Å². The van der Waals surface area contributed by atoms with Gasteiger partial charge in [0.2, 0.25) is 0 Å². The minimum absolute atomic E-state index is 0.311. The minimum Gasteiger partial charge on any atom is -0.493 e. The lowest BCUT2D eigenvalue weighted by atomic mass is 10.1. The average molecular weight is 534 g/mol. The molecule has 0 aliphatic rings. The molecule has 2 N–H and O–H groups in total. The first kappa shape index (κ1) is 23.0. The van der Waals surface area contributed by atoms with E-state index in [0.717, 1.165) is 34.1 Å². The molecular weight excluding hydrogens is 511 g/mol. The zero-order chi connectivity index (χ0) is 22.5. The maximum Gasteiger partial charge on any atom is 0.167 e. The molecule has 1 aromatic heterocycles. The van der Waals surface area contributed by atoms with Gasteiger partial charge in [-0.3, -0.25) is 0 Å². The van der Waals surface area contributed by atoms with Gasteiger partial charge in [-0.1, -0.05) is 63.4 Å². The lowest BCUT2D eigenvalue weighted by molar-refractivity contribution is 0.280. The fourth-order valence-corrected chi connectivity index (χ4v) is 4.55.